The van der Waals surface area contributed by atoms with Crippen LogP contribution in [0, 0.1) is 11.8 Å². The topological polar surface area (TPSA) is 60.5 Å². The molecular formula is C16H21BrN2O3. The second-order valence-corrected chi connectivity index (χ2v) is 6.85. The number of carbonyl (C=O) groups excluding carboxylic acids is 1. The first kappa shape index (κ1) is 15.9. The van der Waals surface area contributed by atoms with Gasteiger partial charge in [-0.05, 0) is 34.8 Å². The SMILES string of the molecule is COC(=O)COC1(c2ccncc2Br)C2CCCC1CNC2. The lowest BCUT2D eigenvalue weighted by Gasteiger charge is -2.53. The molecule has 2 unspecified atom stereocenters. The Kier molecular flexibility index (Phi) is 4.80. The minimum Gasteiger partial charge on any atom is -0.467 e. The molecule has 5 nitrogen and oxygen atoms in total. The molecule has 2 aliphatic rings. The van der Waals surface area contributed by atoms with Crippen molar-refractivity contribution in [1.82, 2.24) is 10.3 Å². The van der Waals surface area contributed by atoms with E-state index in [4.69, 9.17) is 9.47 Å². The number of esters is 1. The third kappa shape index (κ3) is 2.68. The second-order valence-electron chi connectivity index (χ2n) is 6.00. The van der Waals surface area contributed by atoms with Crippen LogP contribution >= 0.6 is 15.9 Å². The van der Waals surface area contributed by atoms with Gasteiger partial charge in [-0.1, -0.05) is 6.42 Å². The molecule has 2 atom stereocenters. The van der Waals surface area contributed by atoms with Gasteiger partial charge in [0.25, 0.3) is 0 Å². The molecule has 0 aromatic carbocycles. The minimum atomic E-state index is -0.445. The third-order valence-electron chi connectivity index (χ3n) is 4.95. The Labute approximate surface area is 138 Å². The van der Waals surface area contributed by atoms with Crippen molar-refractivity contribution in [1.29, 1.82) is 0 Å². The van der Waals surface area contributed by atoms with Gasteiger partial charge in [-0.15, -0.1) is 0 Å². The first-order chi connectivity index (χ1) is 10.7. The summed E-state index contributed by atoms with van der Waals surface area (Å²) in [5.74, 6) is 0.368. The van der Waals surface area contributed by atoms with Crippen LogP contribution in [0.1, 0.15) is 24.8 Å². The number of nitrogens with zero attached hydrogens (tertiary/aromatic N) is 1. The Balaban J connectivity index is 2.02. The highest BCUT2D eigenvalue weighted by Gasteiger charge is 2.53. The van der Waals surface area contributed by atoms with E-state index >= 15 is 0 Å². The summed E-state index contributed by atoms with van der Waals surface area (Å²) >= 11 is 3.62. The third-order valence-corrected chi connectivity index (χ3v) is 5.58. The van der Waals surface area contributed by atoms with Crippen molar-refractivity contribution in [3.63, 3.8) is 0 Å². The number of rotatable bonds is 4. The van der Waals surface area contributed by atoms with Crippen LogP contribution in [0.25, 0.3) is 0 Å². The Hall–Kier alpha value is -0.980. The highest BCUT2D eigenvalue weighted by Crippen LogP contribution is 2.51. The fourth-order valence-electron chi connectivity index (χ4n) is 3.99. The molecule has 1 N–H and O–H groups in total. The van der Waals surface area contributed by atoms with E-state index in [9.17, 15) is 4.79 Å². The van der Waals surface area contributed by atoms with Gasteiger partial charge in [-0.3, -0.25) is 4.98 Å². The van der Waals surface area contributed by atoms with Crippen LogP contribution in [0.4, 0.5) is 0 Å². The van der Waals surface area contributed by atoms with Crippen LogP contribution < -0.4 is 5.32 Å². The Morgan fingerprint density at radius 2 is 2.18 bits per heavy atom. The molecule has 1 aromatic heterocycles. The van der Waals surface area contributed by atoms with Gasteiger partial charge in [-0.25, -0.2) is 4.79 Å². The van der Waals surface area contributed by atoms with Gasteiger partial charge in [0.2, 0.25) is 0 Å². The number of ether oxygens (including phenoxy) is 2. The molecule has 1 aliphatic carbocycles. The van der Waals surface area contributed by atoms with Crippen molar-refractivity contribution in [2.45, 2.75) is 24.9 Å². The van der Waals surface area contributed by atoms with Gasteiger partial charge in [0.05, 0.1) is 7.11 Å². The highest BCUT2D eigenvalue weighted by atomic mass is 79.9. The monoisotopic (exact) mass is 368 g/mol. The molecule has 1 aliphatic heterocycles. The van der Waals surface area contributed by atoms with E-state index < -0.39 is 5.60 Å². The van der Waals surface area contributed by atoms with E-state index in [-0.39, 0.29) is 12.6 Å². The van der Waals surface area contributed by atoms with Crippen LogP contribution in [0.3, 0.4) is 0 Å². The van der Waals surface area contributed by atoms with Crippen LogP contribution in [-0.2, 0) is 19.9 Å². The summed E-state index contributed by atoms with van der Waals surface area (Å²) < 4.78 is 12.0. The number of nitrogens with one attached hydrogen (secondary N) is 1. The molecule has 1 saturated heterocycles. The number of hydrogen-bond donors (Lipinski definition) is 1. The smallest absolute Gasteiger partial charge is 0.331 e. The Morgan fingerprint density at radius 3 is 2.82 bits per heavy atom. The average molecular weight is 369 g/mol. The maximum atomic E-state index is 11.6. The molecule has 0 amide bonds. The van der Waals surface area contributed by atoms with E-state index in [0.717, 1.165) is 36.0 Å². The summed E-state index contributed by atoms with van der Waals surface area (Å²) in [6.45, 7) is 1.80. The Bertz CT molecular complexity index is 530. The first-order valence-electron chi connectivity index (χ1n) is 7.70. The number of halogens is 1. The fraction of sp³-hybridized carbons (Fsp3) is 0.625. The lowest BCUT2D eigenvalue weighted by molar-refractivity contribution is -0.183. The second kappa shape index (κ2) is 6.64. The summed E-state index contributed by atoms with van der Waals surface area (Å²) in [5, 5.41) is 3.51. The number of piperidine rings is 1. The summed E-state index contributed by atoms with van der Waals surface area (Å²) in [5.41, 5.74) is 0.655. The molecule has 2 bridgehead atoms. The predicted molar refractivity (Wildman–Crippen MR) is 85.3 cm³/mol. The number of fused-ring (bicyclic) bond motifs is 2. The van der Waals surface area contributed by atoms with Crippen LogP contribution in [-0.4, -0.2) is 37.8 Å². The molecule has 1 saturated carbocycles. The van der Waals surface area contributed by atoms with Gasteiger partial charge >= 0.3 is 5.97 Å². The van der Waals surface area contributed by atoms with Crippen molar-refractivity contribution in [3.05, 3.63) is 28.5 Å². The summed E-state index contributed by atoms with van der Waals surface area (Å²) in [4.78, 5) is 15.8. The summed E-state index contributed by atoms with van der Waals surface area (Å²) in [6, 6.07) is 2.01. The van der Waals surface area contributed by atoms with Gasteiger partial charge in [0.15, 0.2) is 0 Å². The van der Waals surface area contributed by atoms with E-state index in [1.807, 2.05) is 6.07 Å². The molecule has 6 heteroatoms. The molecule has 120 valence electrons. The van der Waals surface area contributed by atoms with Crippen molar-refractivity contribution >= 4 is 21.9 Å². The lowest BCUT2D eigenvalue weighted by atomic mass is 9.63. The summed E-state index contributed by atoms with van der Waals surface area (Å²) in [7, 11) is 1.39. The molecule has 0 radical (unpaired) electrons. The maximum absolute atomic E-state index is 11.6. The molecule has 3 rings (SSSR count). The highest BCUT2D eigenvalue weighted by molar-refractivity contribution is 9.10. The number of carbonyl (C=O) groups is 1. The van der Waals surface area contributed by atoms with E-state index in [0.29, 0.717) is 11.8 Å². The minimum absolute atomic E-state index is 0.0156. The molecular weight excluding hydrogens is 348 g/mol. The normalized spacial score (nSPS) is 30.8. The van der Waals surface area contributed by atoms with Crippen LogP contribution in [0.2, 0.25) is 0 Å². The number of aromatic nitrogens is 1. The molecule has 22 heavy (non-hydrogen) atoms. The largest absolute Gasteiger partial charge is 0.467 e. The Morgan fingerprint density at radius 1 is 1.45 bits per heavy atom. The number of pyridine rings is 1. The maximum Gasteiger partial charge on any atom is 0.331 e. The quantitative estimate of drug-likeness (QED) is 0.825. The first-order valence-corrected chi connectivity index (χ1v) is 8.49. The van der Waals surface area contributed by atoms with Crippen molar-refractivity contribution in [2.75, 3.05) is 26.8 Å². The molecule has 2 heterocycles. The number of hydrogen-bond acceptors (Lipinski definition) is 5. The predicted octanol–water partition coefficient (Wildman–Crippen LogP) is 2.25. The molecule has 1 aromatic rings. The average Bonchev–Trinajstić information content (AvgIpc) is 2.52. The molecule has 2 fully saturated rings. The van der Waals surface area contributed by atoms with E-state index in [2.05, 4.69) is 26.2 Å². The van der Waals surface area contributed by atoms with Crippen molar-refractivity contribution in [2.24, 2.45) is 11.8 Å². The summed E-state index contributed by atoms with van der Waals surface area (Å²) in [6.07, 6.45) is 7.00. The van der Waals surface area contributed by atoms with Gasteiger partial charge in [-0.2, -0.15) is 0 Å². The van der Waals surface area contributed by atoms with Crippen molar-refractivity contribution in [3.8, 4) is 0 Å². The van der Waals surface area contributed by atoms with Crippen LogP contribution in [0.5, 0.6) is 0 Å². The zero-order valence-electron chi connectivity index (χ0n) is 12.7. The number of methoxy groups -OCH3 is 1. The van der Waals surface area contributed by atoms with Gasteiger partial charge in [0.1, 0.15) is 12.2 Å². The standard InChI is InChI=1S/C16H21BrN2O3/c1-21-15(20)10-22-16(13-5-6-18-9-14(13)17)11-3-2-4-12(16)8-19-7-11/h5-6,9,11-12,19H,2-4,7-8,10H2,1H3. The fourth-order valence-corrected chi connectivity index (χ4v) is 4.55. The van der Waals surface area contributed by atoms with Gasteiger partial charge in [0, 0.05) is 47.4 Å². The van der Waals surface area contributed by atoms with Crippen LogP contribution in [0.15, 0.2) is 22.9 Å². The molecule has 0 spiro atoms. The zero-order valence-corrected chi connectivity index (χ0v) is 14.3. The zero-order chi connectivity index (χ0) is 15.6. The lowest BCUT2D eigenvalue weighted by Crippen LogP contribution is -2.58. The van der Waals surface area contributed by atoms with Crippen molar-refractivity contribution < 1.29 is 14.3 Å². The van der Waals surface area contributed by atoms with E-state index in [1.54, 1.807) is 12.4 Å². The van der Waals surface area contributed by atoms with Gasteiger partial charge < -0.3 is 14.8 Å². The van der Waals surface area contributed by atoms with E-state index in [1.165, 1.54) is 13.5 Å².